The fourth-order valence-electron chi connectivity index (χ4n) is 2.28. The Labute approximate surface area is 103 Å². The van der Waals surface area contributed by atoms with Gasteiger partial charge in [0.05, 0.1) is 17.6 Å². The first-order valence-electron chi connectivity index (χ1n) is 6.56. The molecule has 4 nitrogen and oxygen atoms in total. The molecule has 2 N–H and O–H groups in total. The average molecular weight is 234 g/mol. The molecule has 4 heteroatoms. The third kappa shape index (κ3) is 2.87. The topological polar surface area (TPSA) is 55.0 Å². The number of nitrogen functional groups attached to an aromatic ring is 1. The van der Waals surface area contributed by atoms with Crippen molar-refractivity contribution in [3.05, 3.63) is 11.9 Å². The molecular formula is C13H22N4. The Morgan fingerprint density at radius 2 is 1.82 bits per heavy atom. The van der Waals surface area contributed by atoms with Crippen molar-refractivity contribution in [1.82, 2.24) is 9.97 Å². The van der Waals surface area contributed by atoms with E-state index in [-0.39, 0.29) is 0 Å². The lowest BCUT2D eigenvalue weighted by Crippen LogP contribution is -2.26. The van der Waals surface area contributed by atoms with E-state index < -0.39 is 0 Å². The minimum Gasteiger partial charge on any atom is -0.396 e. The number of nitrogens with two attached hydrogens (primary N) is 1. The van der Waals surface area contributed by atoms with Gasteiger partial charge in [-0.2, -0.15) is 0 Å². The maximum absolute atomic E-state index is 5.91. The Kier molecular flexibility index (Phi) is 3.82. The fourth-order valence-corrected chi connectivity index (χ4v) is 2.28. The maximum atomic E-state index is 5.91. The van der Waals surface area contributed by atoms with Crippen LogP contribution in [0, 0.1) is 0 Å². The number of anilines is 2. The summed E-state index contributed by atoms with van der Waals surface area (Å²) in [4.78, 5) is 11.3. The summed E-state index contributed by atoms with van der Waals surface area (Å²) >= 11 is 0. The highest BCUT2D eigenvalue weighted by molar-refractivity contribution is 5.46. The Morgan fingerprint density at radius 3 is 2.41 bits per heavy atom. The molecule has 0 atom stereocenters. The van der Waals surface area contributed by atoms with Gasteiger partial charge in [0, 0.05) is 13.1 Å². The Hall–Kier alpha value is -1.32. The quantitative estimate of drug-likeness (QED) is 0.854. The smallest absolute Gasteiger partial charge is 0.225 e. The van der Waals surface area contributed by atoms with E-state index in [9.17, 15) is 0 Å². The summed E-state index contributed by atoms with van der Waals surface area (Å²) in [5, 5.41) is 0. The van der Waals surface area contributed by atoms with Crippen molar-refractivity contribution in [2.75, 3.05) is 23.7 Å². The second-order valence-corrected chi connectivity index (χ2v) is 5.07. The van der Waals surface area contributed by atoms with E-state index in [1.165, 1.54) is 25.7 Å². The van der Waals surface area contributed by atoms with Crippen LogP contribution in [-0.4, -0.2) is 23.1 Å². The molecule has 0 unspecified atom stereocenters. The van der Waals surface area contributed by atoms with Gasteiger partial charge in [-0.15, -0.1) is 0 Å². The number of rotatable bonds is 2. The van der Waals surface area contributed by atoms with Crippen molar-refractivity contribution >= 4 is 11.6 Å². The molecule has 94 valence electrons. The second kappa shape index (κ2) is 5.34. The van der Waals surface area contributed by atoms with Crippen LogP contribution < -0.4 is 10.6 Å². The van der Waals surface area contributed by atoms with Crippen LogP contribution in [-0.2, 0) is 0 Å². The molecule has 2 rings (SSSR count). The van der Waals surface area contributed by atoms with Crippen molar-refractivity contribution in [3.8, 4) is 0 Å². The molecule has 0 radical (unpaired) electrons. The summed E-state index contributed by atoms with van der Waals surface area (Å²) in [5.41, 5.74) is 7.59. The van der Waals surface area contributed by atoms with Crippen molar-refractivity contribution in [2.45, 2.75) is 45.4 Å². The highest BCUT2D eigenvalue weighted by atomic mass is 15.2. The molecule has 0 aliphatic carbocycles. The highest BCUT2D eigenvalue weighted by Gasteiger charge is 2.15. The number of aromatic nitrogens is 2. The van der Waals surface area contributed by atoms with Gasteiger partial charge in [-0.05, 0) is 18.8 Å². The first-order chi connectivity index (χ1) is 8.18. The van der Waals surface area contributed by atoms with Gasteiger partial charge in [-0.1, -0.05) is 26.7 Å². The van der Waals surface area contributed by atoms with Crippen LogP contribution in [0.2, 0.25) is 0 Å². The van der Waals surface area contributed by atoms with Gasteiger partial charge in [-0.3, -0.25) is 0 Å². The summed E-state index contributed by atoms with van der Waals surface area (Å²) in [6.45, 7) is 6.37. The van der Waals surface area contributed by atoms with Crippen LogP contribution in [0.3, 0.4) is 0 Å². The standard InChI is InChI=1S/C13H22N4/c1-10(2)12-11(14)9-15-13(16-12)17-7-5-3-4-6-8-17/h9-10H,3-8,14H2,1-2H3. The van der Waals surface area contributed by atoms with E-state index in [1.807, 2.05) is 0 Å². The normalized spacial score (nSPS) is 17.2. The molecule has 17 heavy (non-hydrogen) atoms. The molecule has 0 spiro atoms. The number of hydrogen-bond acceptors (Lipinski definition) is 4. The molecule has 1 fully saturated rings. The lowest BCUT2D eigenvalue weighted by molar-refractivity contribution is 0.726. The van der Waals surface area contributed by atoms with E-state index >= 15 is 0 Å². The summed E-state index contributed by atoms with van der Waals surface area (Å²) in [7, 11) is 0. The summed E-state index contributed by atoms with van der Waals surface area (Å²) in [5.74, 6) is 1.20. The molecule has 1 aliphatic heterocycles. The monoisotopic (exact) mass is 234 g/mol. The molecule has 1 aromatic rings. The van der Waals surface area contributed by atoms with Gasteiger partial charge < -0.3 is 10.6 Å². The summed E-state index contributed by atoms with van der Waals surface area (Å²) in [6.07, 6.45) is 6.88. The van der Waals surface area contributed by atoms with E-state index in [0.29, 0.717) is 11.6 Å². The molecule has 1 aliphatic rings. The van der Waals surface area contributed by atoms with Crippen LogP contribution in [0.5, 0.6) is 0 Å². The molecule has 0 amide bonds. The van der Waals surface area contributed by atoms with Crippen LogP contribution in [0.4, 0.5) is 11.6 Å². The molecule has 0 aromatic carbocycles. The summed E-state index contributed by atoms with van der Waals surface area (Å²) in [6, 6.07) is 0. The minimum absolute atomic E-state index is 0.351. The third-order valence-corrected chi connectivity index (χ3v) is 3.27. The lowest BCUT2D eigenvalue weighted by Gasteiger charge is -2.21. The van der Waals surface area contributed by atoms with Crippen molar-refractivity contribution in [2.24, 2.45) is 0 Å². The van der Waals surface area contributed by atoms with Gasteiger partial charge >= 0.3 is 0 Å². The van der Waals surface area contributed by atoms with Gasteiger partial charge in [0.2, 0.25) is 5.95 Å². The molecular weight excluding hydrogens is 212 g/mol. The average Bonchev–Trinajstić information content (AvgIpc) is 2.58. The number of hydrogen-bond donors (Lipinski definition) is 1. The second-order valence-electron chi connectivity index (χ2n) is 5.07. The van der Waals surface area contributed by atoms with Crippen LogP contribution in [0.25, 0.3) is 0 Å². The highest BCUT2D eigenvalue weighted by Crippen LogP contribution is 2.22. The van der Waals surface area contributed by atoms with E-state index in [1.54, 1.807) is 6.20 Å². The van der Waals surface area contributed by atoms with Crippen LogP contribution >= 0.6 is 0 Å². The minimum atomic E-state index is 0.351. The van der Waals surface area contributed by atoms with E-state index in [0.717, 1.165) is 24.7 Å². The first-order valence-corrected chi connectivity index (χ1v) is 6.56. The Balaban J connectivity index is 2.22. The maximum Gasteiger partial charge on any atom is 0.225 e. The Bertz CT molecular complexity index is 368. The van der Waals surface area contributed by atoms with Gasteiger partial charge in [-0.25, -0.2) is 9.97 Å². The largest absolute Gasteiger partial charge is 0.396 e. The zero-order valence-corrected chi connectivity index (χ0v) is 10.8. The van der Waals surface area contributed by atoms with E-state index in [4.69, 9.17) is 5.73 Å². The number of nitrogens with zero attached hydrogens (tertiary/aromatic N) is 3. The van der Waals surface area contributed by atoms with Gasteiger partial charge in [0.1, 0.15) is 0 Å². The molecule has 1 saturated heterocycles. The molecule has 0 saturated carbocycles. The summed E-state index contributed by atoms with van der Waals surface area (Å²) < 4.78 is 0. The predicted molar refractivity (Wildman–Crippen MR) is 71.2 cm³/mol. The van der Waals surface area contributed by atoms with Crippen molar-refractivity contribution in [1.29, 1.82) is 0 Å². The van der Waals surface area contributed by atoms with E-state index in [2.05, 4.69) is 28.7 Å². The fraction of sp³-hybridized carbons (Fsp3) is 0.692. The van der Waals surface area contributed by atoms with Crippen LogP contribution in [0.15, 0.2) is 6.20 Å². The van der Waals surface area contributed by atoms with Gasteiger partial charge in [0.15, 0.2) is 0 Å². The van der Waals surface area contributed by atoms with Crippen molar-refractivity contribution in [3.63, 3.8) is 0 Å². The first kappa shape index (κ1) is 12.1. The SMILES string of the molecule is CC(C)c1nc(N2CCCCCC2)ncc1N. The Morgan fingerprint density at radius 1 is 1.18 bits per heavy atom. The van der Waals surface area contributed by atoms with Crippen LogP contribution in [0.1, 0.15) is 51.1 Å². The van der Waals surface area contributed by atoms with Crippen molar-refractivity contribution < 1.29 is 0 Å². The lowest BCUT2D eigenvalue weighted by atomic mass is 10.1. The zero-order valence-electron chi connectivity index (χ0n) is 10.8. The predicted octanol–water partition coefficient (Wildman–Crippen LogP) is 2.56. The molecule has 0 bridgehead atoms. The zero-order chi connectivity index (χ0) is 12.3. The molecule has 2 heterocycles. The molecule has 1 aromatic heterocycles. The third-order valence-electron chi connectivity index (χ3n) is 3.27. The van der Waals surface area contributed by atoms with Gasteiger partial charge in [0.25, 0.3) is 0 Å².